The Morgan fingerprint density at radius 3 is 2.40 bits per heavy atom. The summed E-state index contributed by atoms with van der Waals surface area (Å²) in [5.41, 5.74) is 1.98. The van der Waals surface area contributed by atoms with E-state index in [1.165, 1.54) is 50.5 Å². The topological polar surface area (TPSA) is 66.4 Å². The summed E-state index contributed by atoms with van der Waals surface area (Å²) in [6.45, 7) is 14.7. The third kappa shape index (κ3) is 5.96. The molecule has 0 aromatic rings. The molecule has 3 saturated carbocycles. The zero-order chi connectivity index (χ0) is 24.9. The van der Waals surface area contributed by atoms with Crippen LogP contribution >= 0.6 is 0 Å². The molecule has 4 rings (SSSR count). The Morgan fingerprint density at radius 1 is 1.06 bits per heavy atom. The molecule has 4 aliphatic rings. The molecule has 9 atom stereocenters. The first-order valence-electron chi connectivity index (χ1n) is 14.2. The number of hydrogen-bond donors (Lipinski definition) is 0. The van der Waals surface area contributed by atoms with E-state index in [-0.39, 0.29) is 35.0 Å². The van der Waals surface area contributed by atoms with Gasteiger partial charge in [-0.2, -0.15) is 0 Å². The molecule has 6 heteroatoms. The SMILES string of the molecule is CCC(CCC(C)[C@H]1CCC2C3CC=C4C[C@@H](OS(=O)(=O)[O-])CC[C@]4(C)C3CC[C@@]21C)C(C)C.[Na+]. The first kappa shape index (κ1) is 30.2. The van der Waals surface area contributed by atoms with Gasteiger partial charge in [0.1, 0.15) is 0 Å². The van der Waals surface area contributed by atoms with E-state index in [1.807, 2.05) is 0 Å². The van der Waals surface area contributed by atoms with E-state index in [9.17, 15) is 13.0 Å². The summed E-state index contributed by atoms with van der Waals surface area (Å²) in [7, 11) is -4.63. The predicted octanol–water partition coefficient (Wildman–Crippen LogP) is 4.51. The predicted molar refractivity (Wildman–Crippen MR) is 137 cm³/mol. The second-order valence-corrected chi connectivity index (χ2v) is 14.3. The van der Waals surface area contributed by atoms with Crippen LogP contribution in [0.2, 0.25) is 0 Å². The Labute approximate surface area is 238 Å². The fourth-order valence-corrected chi connectivity index (χ4v) is 10.0. The third-order valence-electron chi connectivity index (χ3n) is 11.5. The van der Waals surface area contributed by atoms with E-state index >= 15 is 0 Å². The number of hydrogen-bond acceptors (Lipinski definition) is 4. The zero-order valence-electron chi connectivity index (χ0n) is 23.5. The van der Waals surface area contributed by atoms with Crippen molar-refractivity contribution in [2.24, 2.45) is 52.3 Å². The Balaban J connectivity index is 0.00000342. The molecule has 0 saturated heterocycles. The molecule has 0 heterocycles. The van der Waals surface area contributed by atoms with Crippen molar-refractivity contribution >= 4 is 10.4 Å². The van der Waals surface area contributed by atoms with Crippen molar-refractivity contribution in [1.82, 2.24) is 0 Å². The first-order chi connectivity index (χ1) is 15.9. The van der Waals surface area contributed by atoms with Crippen LogP contribution in [0.5, 0.6) is 0 Å². The fraction of sp³-hybridized carbons (Fsp3) is 0.931. The van der Waals surface area contributed by atoms with Crippen LogP contribution < -0.4 is 29.6 Å². The van der Waals surface area contributed by atoms with Crippen molar-refractivity contribution < 1.29 is 46.7 Å². The maximum Gasteiger partial charge on any atom is 1.00 e. The van der Waals surface area contributed by atoms with E-state index in [1.54, 1.807) is 0 Å². The Bertz CT molecular complexity index is 870. The minimum absolute atomic E-state index is 0. The van der Waals surface area contributed by atoms with Crippen LogP contribution in [0.1, 0.15) is 112 Å². The van der Waals surface area contributed by atoms with Gasteiger partial charge in [-0.05, 0) is 110 Å². The maximum absolute atomic E-state index is 11.2. The summed E-state index contributed by atoms with van der Waals surface area (Å²) < 4.78 is 38.3. The van der Waals surface area contributed by atoms with Gasteiger partial charge >= 0.3 is 29.6 Å². The molecule has 196 valence electrons. The molecule has 0 aromatic carbocycles. The number of rotatable bonds is 8. The standard InChI is InChI=1S/C29H50O4S.Na/c1-7-21(19(2)3)9-8-20(4)25-12-13-26-24-11-10-22-18-23(33-34(30,31)32)14-16-28(22,5)27(24)15-17-29(25,26)6;/h10,19-21,23-27H,7-9,11-18H2,1-6H3,(H,30,31,32);/q;+1/p-1/t20?,21?,23-,24?,25+,26?,27?,28-,29+;/m0./s1. The summed E-state index contributed by atoms with van der Waals surface area (Å²) in [5, 5.41) is 0. The smallest absolute Gasteiger partial charge is 0.726 e. The summed E-state index contributed by atoms with van der Waals surface area (Å²) in [5.74, 6) is 5.58. The van der Waals surface area contributed by atoms with Gasteiger partial charge in [0.05, 0.1) is 6.10 Å². The molecule has 0 radical (unpaired) electrons. The van der Waals surface area contributed by atoms with Gasteiger partial charge in [0, 0.05) is 0 Å². The van der Waals surface area contributed by atoms with Crippen LogP contribution in [-0.2, 0) is 14.6 Å². The van der Waals surface area contributed by atoms with E-state index in [4.69, 9.17) is 4.18 Å². The van der Waals surface area contributed by atoms with Crippen molar-refractivity contribution in [2.45, 2.75) is 118 Å². The average molecular weight is 517 g/mol. The van der Waals surface area contributed by atoms with E-state index in [0.717, 1.165) is 48.3 Å². The van der Waals surface area contributed by atoms with E-state index in [2.05, 4.69) is 47.6 Å². The van der Waals surface area contributed by atoms with Crippen LogP contribution in [0.4, 0.5) is 0 Å². The quantitative estimate of drug-likeness (QED) is 0.206. The molecule has 4 nitrogen and oxygen atoms in total. The number of fused-ring (bicyclic) bond motifs is 5. The van der Waals surface area contributed by atoms with Crippen molar-refractivity contribution in [2.75, 3.05) is 0 Å². The Kier molecular flexibility index (Phi) is 9.81. The van der Waals surface area contributed by atoms with Crippen LogP contribution in [0, 0.1) is 52.3 Å². The molecular formula is C29H49NaO4S. The molecule has 0 amide bonds. The number of allylic oxidation sites excluding steroid dienone is 1. The molecule has 0 spiro atoms. The zero-order valence-corrected chi connectivity index (χ0v) is 26.3. The third-order valence-corrected chi connectivity index (χ3v) is 12.0. The molecule has 4 aliphatic carbocycles. The molecule has 0 aliphatic heterocycles. The molecular weight excluding hydrogens is 467 g/mol. The van der Waals surface area contributed by atoms with Gasteiger partial charge in [-0.1, -0.05) is 66.0 Å². The van der Waals surface area contributed by atoms with Crippen molar-refractivity contribution in [3.8, 4) is 0 Å². The first-order valence-corrected chi connectivity index (χ1v) is 15.6. The summed E-state index contributed by atoms with van der Waals surface area (Å²) in [6.07, 6.45) is 14.8. The van der Waals surface area contributed by atoms with Crippen molar-refractivity contribution in [3.63, 3.8) is 0 Å². The largest absolute Gasteiger partial charge is 1.00 e. The minimum Gasteiger partial charge on any atom is -0.726 e. The maximum atomic E-state index is 11.2. The second-order valence-electron chi connectivity index (χ2n) is 13.3. The summed E-state index contributed by atoms with van der Waals surface area (Å²) in [6, 6.07) is 0. The summed E-state index contributed by atoms with van der Waals surface area (Å²) in [4.78, 5) is 0. The van der Waals surface area contributed by atoms with Crippen molar-refractivity contribution in [3.05, 3.63) is 11.6 Å². The van der Waals surface area contributed by atoms with Crippen molar-refractivity contribution in [1.29, 1.82) is 0 Å². The average Bonchev–Trinajstić information content (AvgIpc) is 3.10. The monoisotopic (exact) mass is 516 g/mol. The summed E-state index contributed by atoms with van der Waals surface area (Å²) >= 11 is 0. The van der Waals surface area contributed by atoms with E-state index < -0.39 is 16.5 Å². The Morgan fingerprint density at radius 2 is 1.77 bits per heavy atom. The van der Waals surface area contributed by atoms with Gasteiger partial charge in [-0.25, -0.2) is 8.42 Å². The normalized spacial score (nSPS) is 40.7. The Hall–Kier alpha value is 0.610. The van der Waals surface area contributed by atoms with Gasteiger partial charge in [0.2, 0.25) is 10.4 Å². The van der Waals surface area contributed by atoms with Crippen LogP contribution in [-0.4, -0.2) is 19.1 Å². The van der Waals surface area contributed by atoms with Gasteiger partial charge < -0.3 is 4.55 Å². The van der Waals surface area contributed by atoms with Gasteiger partial charge in [0.25, 0.3) is 0 Å². The fourth-order valence-electron chi connectivity index (χ4n) is 9.54. The van der Waals surface area contributed by atoms with Crippen LogP contribution in [0.15, 0.2) is 11.6 Å². The molecule has 5 unspecified atom stereocenters. The van der Waals surface area contributed by atoms with E-state index in [0.29, 0.717) is 24.2 Å². The second kappa shape index (κ2) is 11.4. The van der Waals surface area contributed by atoms with Gasteiger partial charge in [-0.15, -0.1) is 0 Å². The van der Waals surface area contributed by atoms with Crippen LogP contribution in [0.3, 0.4) is 0 Å². The van der Waals surface area contributed by atoms with Crippen LogP contribution in [0.25, 0.3) is 0 Å². The molecule has 35 heavy (non-hydrogen) atoms. The van der Waals surface area contributed by atoms with Gasteiger partial charge in [0.15, 0.2) is 0 Å². The molecule has 0 N–H and O–H groups in total. The van der Waals surface area contributed by atoms with Gasteiger partial charge in [-0.3, -0.25) is 4.18 Å². The molecule has 0 bridgehead atoms. The molecule has 3 fully saturated rings. The molecule has 0 aromatic heterocycles. The minimum atomic E-state index is -4.63.